The Kier molecular flexibility index (Phi) is 6.88. The van der Waals surface area contributed by atoms with Gasteiger partial charge in [-0.15, -0.1) is 0 Å². The van der Waals surface area contributed by atoms with Gasteiger partial charge in [-0.1, -0.05) is 12.1 Å². The number of nitrogens with zero attached hydrogens (tertiary/aromatic N) is 1. The molecule has 0 heterocycles. The van der Waals surface area contributed by atoms with Crippen molar-refractivity contribution < 1.29 is 19.1 Å². The summed E-state index contributed by atoms with van der Waals surface area (Å²) in [6.07, 6.45) is 0.168. The topological polar surface area (TPSA) is 55.8 Å². The molecule has 0 unspecified atom stereocenters. The Bertz CT molecular complexity index is 468. The number of esters is 1. The van der Waals surface area contributed by atoms with Crippen molar-refractivity contribution in [1.82, 2.24) is 4.90 Å². The van der Waals surface area contributed by atoms with Crippen molar-refractivity contribution in [3.05, 3.63) is 35.4 Å². The predicted molar refractivity (Wildman–Crippen MR) is 80.0 cm³/mol. The fourth-order valence-electron chi connectivity index (χ4n) is 1.74. The molecule has 116 valence electrons. The molecule has 1 aromatic rings. The number of rotatable bonds is 7. The molecule has 1 amide bonds. The molecule has 0 aliphatic rings. The lowest BCUT2D eigenvalue weighted by molar-refractivity contribution is -0.141. The zero-order valence-corrected chi connectivity index (χ0v) is 13.1. The lowest BCUT2D eigenvalue weighted by atomic mass is 10.1. The van der Waals surface area contributed by atoms with Crippen LogP contribution in [0.2, 0.25) is 0 Å². The number of hydrogen-bond donors (Lipinski definition) is 0. The molecule has 1 aromatic carbocycles. The Morgan fingerprint density at radius 2 is 1.81 bits per heavy atom. The number of hydrogen-bond acceptors (Lipinski definition) is 4. The average Bonchev–Trinajstić information content (AvgIpc) is 2.50. The standard InChI is InChI=1S/C16H23NO4/c1-5-17(10-15(18)20-4)16(19)14-8-6-13(7-9-14)11-21-12(2)3/h6-9,12H,5,10-11H2,1-4H3. The van der Waals surface area contributed by atoms with Crippen LogP contribution in [-0.2, 0) is 20.9 Å². The molecule has 0 aliphatic heterocycles. The van der Waals surface area contributed by atoms with Crippen LogP contribution in [0.3, 0.4) is 0 Å². The van der Waals surface area contributed by atoms with E-state index < -0.39 is 5.97 Å². The van der Waals surface area contributed by atoms with Crippen molar-refractivity contribution in [2.75, 3.05) is 20.2 Å². The molecule has 0 saturated carbocycles. The highest BCUT2D eigenvalue weighted by molar-refractivity contribution is 5.96. The highest BCUT2D eigenvalue weighted by Gasteiger charge is 2.17. The number of methoxy groups -OCH3 is 1. The third-order valence-electron chi connectivity index (χ3n) is 3.00. The van der Waals surface area contributed by atoms with E-state index in [9.17, 15) is 9.59 Å². The van der Waals surface area contributed by atoms with Gasteiger partial charge in [0.05, 0.1) is 19.8 Å². The number of benzene rings is 1. The molecule has 1 rings (SSSR count). The maximum Gasteiger partial charge on any atom is 0.325 e. The van der Waals surface area contributed by atoms with Crippen molar-refractivity contribution in [2.24, 2.45) is 0 Å². The molecular weight excluding hydrogens is 270 g/mol. The van der Waals surface area contributed by atoms with Gasteiger partial charge in [-0.05, 0) is 38.5 Å². The average molecular weight is 293 g/mol. The molecule has 0 aromatic heterocycles. The summed E-state index contributed by atoms with van der Waals surface area (Å²) in [5, 5.41) is 0. The molecule has 0 radical (unpaired) electrons. The smallest absolute Gasteiger partial charge is 0.325 e. The van der Waals surface area contributed by atoms with E-state index in [0.29, 0.717) is 18.7 Å². The normalized spacial score (nSPS) is 10.5. The molecule has 5 nitrogen and oxygen atoms in total. The molecule has 0 spiro atoms. The van der Waals surface area contributed by atoms with Crippen LogP contribution in [0, 0.1) is 0 Å². The number of likely N-dealkylation sites (N-methyl/N-ethyl adjacent to an activating group) is 1. The van der Waals surface area contributed by atoms with Gasteiger partial charge in [-0.3, -0.25) is 9.59 Å². The van der Waals surface area contributed by atoms with E-state index in [2.05, 4.69) is 4.74 Å². The highest BCUT2D eigenvalue weighted by atomic mass is 16.5. The first-order chi connectivity index (χ1) is 9.97. The second-order valence-electron chi connectivity index (χ2n) is 4.95. The van der Waals surface area contributed by atoms with Crippen LogP contribution in [0.4, 0.5) is 0 Å². The van der Waals surface area contributed by atoms with Gasteiger partial charge in [0.1, 0.15) is 6.54 Å². The van der Waals surface area contributed by atoms with Crippen LogP contribution in [0.1, 0.15) is 36.7 Å². The molecule has 0 N–H and O–H groups in total. The van der Waals surface area contributed by atoms with Crippen LogP contribution in [0.15, 0.2) is 24.3 Å². The Hall–Kier alpha value is -1.88. The molecule has 0 bridgehead atoms. The quantitative estimate of drug-likeness (QED) is 0.724. The molecule has 0 atom stereocenters. The summed E-state index contributed by atoms with van der Waals surface area (Å²) in [7, 11) is 1.31. The highest BCUT2D eigenvalue weighted by Crippen LogP contribution is 2.10. The minimum atomic E-state index is -0.424. The van der Waals surface area contributed by atoms with E-state index in [-0.39, 0.29) is 18.6 Å². The van der Waals surface area contributed by atoms with Gasteiger partial charge in [0, 0.05) is 12.1 Å². The summed E-state index contributed by atoms with van der Waals surface area (Å²) < 4.78 is 10.1. The monoisotopic (exact) mass is 293 g/mol. The van der Waals surface area contributed by atoms with Gasteiger partial charge in [0.2, 0.25) is 0 Å². The first kappa shape index (κ1) is 17.2. The van der Waals surface area contributed by atoms with Gasteiger partial charge >= 0.3 is 5.97 Å². The lowest BCUT2D eigenvalue weighted by Crippen LogP contribution is -2.36. The number of carbonyl (C=O) groups is 2. The fourth-order valence-corrected chi connectivity index (χ4v) is 1.74. The zero-order valence-electron chi connectivity index (χ0n) is 13.1. The molecule has 21 heavy (non-hydrogen) atoms. The third kappa shape index (κ3) is 5.55. The van der Waals surface area contributed by atoms with Gasteiger partial charge < -0.3 is 14.4 Å². The largest absolute Gasteiger partial charge is 0.468 e. The Morgan fingerprint density at radius 3 is 2.29 bits per heavy atom. The molecule has 0 aliphatic carbocycles. The number of carbonyl (C=O) groups excluding carboxylic acids is 2. The summed E-state index contributed by atoms with van der Waals surface area (Å²) in [5.74, 6) is -0.605. The van der Waals surface area contributed by atoms with Crippen LogP contribution >= 0.6 is 0 Å². The van der Waals surface area contributed by atoms with Crippen molar-refractivity contribution in [2.45, 2.75) is 33.5 Å². The van der Waals surface area contributed by atoms with Gasteiger partial charge in [0.15, 0.2) is 0 Å². The maximum atomic E-state index is 12.3. The Balaban J connectivity index is 2.70. The molecule has 0 saturated heterocycles. The van der Waals surface area contributed by atoms with E-state index in [4.69, 9.17) is 4.74 Å². The summed E-state index contributed by atoms with van der Waals surface area (Å²) >= 11 is 0. The fraction of sp³-hybridized carbons (Fsp3) is 0.500. The summed E-state index contributed by atoms with van der Waals surface area (Å²) in [4.78, 5) is 25.0. The van der Waals surface area contributed by atoms with E-state index in [1.165, 1.54) is 12.0 Å². The predicted octanol–water partition coefficient (Wildman–Crippen LogP) is 2.25. The van der Waals surface area contributed by atoms with Crippen LogP contribution in [0.5, 0.6) is 0 Å². The maximum absolute atomic E-state index is 12.3. The Labute approximate surface area is 125 Å². The summed E-state index contributed by atoms with van der Waals surface area (Å²) in [6.45, 7) is 6.71. The Morgan fingerprint density at radius 1 is 1.19 bits per heavy atom. The first-order valence-electron chi connectivity index (χ1n) is 7.04. The molecule has 5 heteroatoms. The lowest BCUT2D eigenvalue weighted by Gasteiger charge is -2.19. The van der Waals surface area contributed by atoms with Crippen molar-refractivity contribution in [1.29, 1.82) is 0 Å². The van der Waals surface area contributed by atoms with Crippen LogP contribution < -0.4 is 0 Å². The minimum absolute atomic E-state index is 0.0377. The van der Waals surface area contributed by atoms with E-state index >= 15 is 0 Å². The van der Waals surface area contributed by atoms with Crippen LogP contribution in [-0.4, -0.2) is 43.1 Å². The van der Waals surface area contributed by atoms with Crippen molar-refractivity contribution in [3.63, 3.8) is 0 Å². The van der Waals surface area contributed by atoms with Gasteiger partial charge in [-0.25, -0.2) is 0 Å². The zero-order chi connectivity index (χ0) is 15.8. The van der Waals surface area contributed by atoms with Gasteiger partial charge in [0.25, 0.3) is 5.91 Å². The van der Waals surface area contributed by atoms with Crippen molar-refractivity contribution in [3.8, 4) is 0 Å². The molecule has 0 fully saturated rings. The summed E-state index contributed by atoms with van der Waals surface area (Å²) in [6, 6.07) is 7.23. The molecular formula is C16H23NO4. The van der Waals surface area contributed by atoms with E-state index in [1.807, 2.05) is 32.9 Å². The number of amides is 1. The van der Waals surface area contributed by atoms with Crippen molar-refractivity contribution >= 4 is 11.9 Å². The third-order valence-corrected chi connectivity index (χ3v) is 3.00. The first-order valence-corrected chi connectivity index (χ1v) is 7.04. The van der Waals surface area contributed by atoms with Gasteiger partial charge in [-0.2, -0.15) is 0 Å². The van der Waals surface area contributed by atoms with E-state index in [0.717, 1.165) is 5.56 Å². The minimum Gasteiger partial charge on any atom is -0.468 e. The van der Waals surface area contributed by atoms with Crippen LogP contribution in [0.25, 0.3) is 0 Å². The second kappa shape index (κ2) is 8.42. The summed E-state index contributed by atoms with van der Waals surface area (Å²) in [5.41, 5.74) is 1.56. The van der Waals surface area contributed by atoms with E-state index in [1.54, 1.807) is 12.1 Å². The number of ether oxygens (including phenoxy) is 2. The second-order valence-corrected chi connectivity index (χ2v) is 4.95. The SMILES string of the molecule is CCN(CC(=O)OC)C(=O)c1ccc(COC(C)C)cc1.